The summed E-state index contributed by atoms with van der Waals surface area (Å²) in [6.45, 7) is 3.67. The zero-order valence-electron chi connectivity index (χ0n) is 20.9. The molecule has 1 aliphatic rings. The molecule has 7 heteroatoms. The molecule has 1 aliphatic carbocycles. The van der Waals surface area contributed by atoms with E-state index in [0.29, 0.717) is 23.9 Å². The summed E-state index contributed by atoms with van der Waals surface area (Å²) in [7, 11) is 1.71. The minimum atomic E-state index is -0.428. The number of aromatic nitrogens is 3. The lowest BCUT2D eigenvalue weighted by atomic mass is 9.81. The predicted molar refractivity (Wildman–Crippen MR) is 142 cm³/mol. The van der Waals surface area contributed by atoms with Gasteiger partial charge in [-0.1, -0.05) is 36.8 Å². The van der Waals surface area contributed by atoms with Crippen LogP contribution >= 0.6 is 0 Å². The number of fused-ring (bicyclic) bond motifs is 1. The highest BCUT2D eigenvalue weighted by Gasteiger charge is 2.29. The summed E-state index contributed by atoms with van der Waals surface area (Å²) in [4.78, 5) is 17.6. The van der Waals surface area contributed by atoms with Crippen molar-refractivity contribution in [2.75, 3.05) is 32.2 Å². The standard InChI is InChI=1S/C29H32N4O3/c1-3-36-29(34)25-19-24(20-13-15-22(16-14-20)30-17-8-18-35-2)26-27(21-9-7-10-21)32-33(28(26)31-25)23-11-5-4-6-12-23/h4-6,11-16,19,21,30H,3,7-10,17-18H2,1-2H3. The molecule has 4 aromatic rings. The van der Waals surface area contributed by atoms with Crippen molar-refractivity contribution in [1.82, 2.24) is 14.8 Å². The van der Waals surface area contributed by atoms with Crippen LogP contribution in [0.5, 0.6) is 0 Å². The van der Waals surface area contributed by atoms with E-state index in [0.717, 1.165) is 66.0 Å². The molecular formula is C29H32N4O3. The van der Waals surface area contributed by atoms with Gasteiger partial charge in [-0.05, 0) is 67.6 Å². The van der Waals surface area contributed by atoms with Crippen molar-refractivity contribution in [3.05, 3.63) is 72.1 Å². The summed E-state index contributed by atoms with van der Waals surface area (Å²) < 4.78 is 12.3. The lowest BCUT2D eigenvalue weighted by Gasteiger charge is -2.24. The molecule has 1 fully saturated rings. The van der Waals surface area contributed by atoms with E-state index in [2.05, 4.69) is 29.6 Å². The number of rotatable bonds is 10. The van der Waals surface area contributed by atoms with E-state index in [4.69, 9.17) is 19.6 Å². The molecule has 36 heavy (non-hydrogen) atoms. The molecule has 0 unspecified atom stereocenters. The molecule has 1 N–H and O–H groups in total. The summed E-state index contributed by atoms with van der Waals surface area (Å²) in [6.07, 6.45) is 4.38. The average molecular weight is 485 g/mol. The van der Waals surface area contributed by atoms with Crippen molar-refractivity contribution in [3.8, 4) is 16.8 Å². The highest BCUT2D eigenvalue weighted by atomic mass is 16.5. The number of ether oxygens (including phenoxy) is 2. The number of hydrogen-bond acceptors (Lipinski definition) is 6. The van der Waals surface area contributed by atoms with Crippen LogP contribution in [0.25, 0.3) is 27.8 Å². The lowest BCUT2D eigenvalue weighted by molar-refractivity contribution is 0.0520. The van der Waals surface area contributed by atoms with E-state index < -0.39 is 5.97 Å². The number of para-hydroxylation sites is 1. The number of anilines is 1. The minimum Gasteiger partial charge on any atom is -0.461 e. The third-order valence-corrected chi connectivity index (χ3v) is 6.69. The summed E-state index contributed by atoms with van der Waals surface area (Å²) >= 11 is 0. The quantitative estimate of drug-likeness (QED) is 0.220. The molecule has 2 aromatic heterocycles. The van der Waals surface area contributed by atoms with Crippen molar-refractivity contribution < 1.29 is 14.3 Å². The third-order valence-electron chi connectivity index (χ3n) is 6.69. The van der Waals surface area contributed by atoms with Gasteiger partial charge >= 0.3 is 5.97 Å². The van der Waals surface area contributed by atoms with Gasteiger partial charge in [-0.2, -0.15) is 5.10 Å². The average Bonchev–Trinajstić information content (AvgIpc) is 3.25. The first kappa shape index (κ1) is 24.0. The Morgan fingerprint density at radius 2 is 1.89 bits per heavy atom. The Balaban J connectivity index is 1.64. The van der Waals surface area contributed by atoms with Crippen LogP contribution in [0.3, 0.4) is 0 Å². The molecule has 0 bridgehead atoms. The zero-order valence-corrected chi connectivity index (χ0v) is 20.9. The summed E-state index contributed by atoms with van der Waals surface area (Å²) in [5.41, 5.74) is 5.97. The zero-order chi connectivity index (χ0) is 24.9. The van der Waals surface area contributed by atoms with Crippen LogP contribution < -0.4 is 5.32 Å². The van der Waals surface area contributed by atoms with Crippen LogP contribution in [0.4, 0.5) is 5.69 Å². The van der Waals surface area contributed by atoms with Crippen molar-refractivity contribution in [1.29, 1.82) is 0 Å². The Hall–Kier alpha value is -3.71. The van der Waals surface area contributed by atoms with Gasteiger partial charge in [0, 0.05) is 31.9 Å². The monoisotopic (exact) mass is 484 g/mol. The van der Waals surface area contributed by atoms with E-state index in [1.54, 1.807) is 14.0 Å². The SMILES string of the molecule is CCOC(=O)c1cc(-c2ccc(NCCCOC)cc2)c2c(C3CCC3)nn(-c3ccccc3)c2n1. The molecule has 186 valence electrons. The Morgan fingerprint density at radius 3 is 2.56 bits per heavy atom. The fourth-order valence-corrected chi connectivity index (χ4v) is 4.61. The van der Waals surface area contributed by atoms with Crippen LogP contribution in [0.1, 0.15) is 54.7 Å². The highest BCUT2D eigenvalue weighted by molar-refractivity contribution is 6.00. The number of nitrogens with one attached hydrogen (secondary N) is 1. The van der Waals surface area contributed by atoms with Crippen LogP contribution in [-0.4, -0.2) is 47.6 Å². The first-order chi connectivity index (χ1) is 17.7. The molecule has 5 rings (SSSR count). The fraction of sp³-hybridized carbons (Fsp3) is 0.345. The number of hydrogen-bond donors (Lipinski definition) is 1. The molecule has 0 atom stereocenters. The second-order valence-corrected chi connectivity index (χ2v) is 9.09. The molecule has 0 amide bonds. The third kappa shape index (κ3) is 4.84. The largest absolute Gasteiger partial charge is 0.461 e. The molecule has 0 saturated heterocycles. The van der Waals surface area contributed by atoms with Gasteiger partial charge in [0.15, 0.2) is 11.3 Å². The second kappa shape index (κ2) is 10.9. The van der Waals surface area contributed by atoms with Gasteiger partial charge in [-0.25, -0.2) is 14.5 Å². The van der Waals surface area contributed by atoms with E-state index in [1.165, 1.54) is 6.42 Å². The van der Waals surface area contributed by atoms with E-state index in [9.17, 15) is 4.79 Å². The van der Waals surface area contributed by atoms with Crippen molar-refractivity contribution in [2.45, 2.75) is 38.5 Å². The fourth-order valence-electron chi connectivity index (χ4n) is 4.61. The van der Waals surface area contributed by atoms with Gasteiger partial charge in [-0.15, -0.1) is 0 Å². The summed E-state index contributed by atoms with van der Waals surface area (Å²) in [6, 6.07) is 20.2. The molecule has 1 saturated carbocycles. The number of pyridine rings is 1. The van der Waals surface area contributed by atoms with Crippen molar-refractivity contribution in [2.24, 2.45) is 0 Å². The molecule has 2 heterocycles. The van der Waals surface area contributed by atoms with Gasteiger partial charge < -0.3 is 14.8 Å². The molecule has 0 spiro atoms. The second-order valence-electron chi connectivity index (χ2n) is 9.09. The smallest absolute Gasteiger partial charge is 0.357 e. The molecular weight excluding hydrogens is 452 g/mol. The Kier molecular flexibility index (Phi) is 7.28. The van der Waals surface area contributed by atoms with Gasteiger partial charge in [0.25, 0.3) is 0 Å². The number of esters is 1. The van der Waals surface area contributed by atoms with Crippen molar-refractivity contribution >= 4 is 22.7 Å². The molecule has 0 aliphatic heterocycles. The van der Waals surface area contributed by atoms with Crippen LogP contribution in [0, 0.1) is 0 Å². The maximum absolute atomic E-state index is 12.8. The van der Waals surface area contributed by atoms with Crippen molar-refractivity contribution in [3.63, 3.8) is 0 Å². The Morgan fingerprint density at radius 1 is 1.11 bits per heavy atom. The first-order valence-electron chi connectivity index (χ1n) is 12.7. The maximum atomic E-state index is 12.8. The van der Waals surface area contributed by atoms with Gasteiger partial charge in [-0.3, -0.25) is 0 Å². The number of carbonyl (C=O) groups is 1. The van der Waals surface area contributed by atoms with Crippen LogP contribution in [-0.2, 0) is 9.47 Å². The van der Waals surface area contributed by atoms with Gasteiger partial charge in [0.2, 0.25) is 0 Å². The maximum Gasteiger partial charge on any atom is 0.357 e. The number of nitrogens with zero attached hydrogens (tertiary/aromatic N) is 3. The molecule has 7 nitrogen and oxygen atoms in total. The Bertz CT molecular complexity index is 1330. The van der Waals surface area contributed by atoms with E-state index in [1.807, 2.05) is 41.1 Å². The van der Waals surface area contributed by atoms with Gasteiger partial charge in [0.1, 0.15) is 0 Å². The minimum absolute atomic E-state index is 0.290. The molecule has 0 radical (unpaired) electrons. The molecule has 2 aromatic carbocycles. The van der Waals surface area contributed by atoms with Crippen LogP contribution in [0.2, 0.25) is 0 Å². The van der Waals surface area contributed by atoms with E-state index >= 15 is 0 Å². The highest BCUT2D eigenvalue weighted by Crippen LogP contribution is 2.42. The normalized spacial score (nSPS) is 13.5. The number of benzene rings is 2. The van der Waals surface area contributed by atoms with Crippen LogP contribution in [0.15, 0.2) is 60.7 Å². The Labute approximate surface area is 211 Å². The number of methoxy groups -OCH3 is 1. The predicted octanol–water partition coefficient (Wildman–Crippen LogP) is 5.98. The van der Waals surface area contributed by atoms with E-state index in [-0.39, 0.29) is 0 Å². The number of carbonyl (C=O) groups excluding carboxylic acids is 1. The first-order valence-corrected chi connectivity index (χ1v) is 12.7. The van der Waals surface area contributed by atoms with Gasteiger partial charge in [0.05, 0.1) is 23.4 Å². The summed E-state index contributed by atoms with van der Waals surface area (Å²) in [5.74, 6) is -0.0312. The summed E-state index contributed by atoms with van der Waals surface area (Å²) in [5, 5.41) is 9.51. The topological polar surface area (TPSA) is 78.3 Å². The lowest BCUT2D eigenvalue weighted by Crippen LogP contribution is -2.10.